The standard InChI is InChI=1S/C15H32N2O3/c1-13(11-19-3)20-12-15(18)10-17-8-5-14(6-9-17)4-7-16-2/h13-16,18H,4-12H2,1-3H3. The zero-order chi connectivity index (χ0) is 14.8. The summed E-state index contributed by atoms with van der Waals surface area (Å²) in [4.78, 5) is 2.35. The minimum atomic E-state index is -0.400. The van der Waals surface area contributed by atoms with Crippen LogP contribution in [0.3, 0.4) is 0 Å². The summed E-state index contributed by atoms with van der Waals surface area (Å²) in [6.45, 7) is 6.95. The van der Waals surface area contributed by atoms with Crippen LogP contribution in [-0.2, 0) is 9.47 Å². The number of rotatable bonds is 10. The van der Waals surface area contributed by atoms with Crippen LogP contribution in [0.1, 0.15) is 26.2 Å². The van der Waals surface area contributed by atoms with Crippen LogP contribution in [0.2, 0.25) is 0 Å². The van der Waals surface area contributed by atoms with Gasteiger partial charge in [0.1, 0.15) is 0 Å². The summed E-state index contributed by atoms with van der Waals surface area (Å²) in [6, 6.07) is 0. The average molecular weight is 288 g/mol. The minimum Gasteiger partial charge on any atom is -0.389 e. The Kier molecular flexibility index (Phi) is 9.39. The third kappa shape index (κ3) is 7.55. The van der Waals surface area contributed by atoms with E-state index in [1.165, 1.54) is 19.3 Å². The highest BCUT2D eigenvalue weighted by atomic mass is 16.5. The predicted molar refractivity (Wildman–Crippen MR) is 81.0 cm³/mol. The molecule has 2 N–H and O–H groups in total. The second-order valence-corrected chi connectivity index (χ2v) is 5.89. The van der Waals surface area contributed by atoms with Gasteiger partial charge in [0.25, 0.3) is 0 Å². The molecule has 1 heterocycles. The third-order valence-electron chi connectivity index (χ3n) is 3.95. The molecule has 1 aliphatic heterocycles. The van der Waals surface area contributed by atoms with Gasteiger partial charge in [-0.05, 0) is 58.8 Å². The summed E-state index contributed by atoms with van der Waals surface area (Å²) < 4.78 is 10.6. The molecule has 0 aliphatic carbocycles. The lowest BCUT2D eigenvalue weighted by atomic mass is 9.93. The number of ether oxygens (including phenoxy) is 2. The van der Waals surface area contributed by atoms with E-state index in [1.54, 1.807) is 7.11 Å². The molecule has 2 atom stereocenters. The van der Waals surface area contributed by atoms with Crippen LogP contribution in [0.4, 0.5) is 0 Å². The Bertz CT molecular complexity index is 233. The molecule has 0 saturated carbocycles. The van der Waals surface area contributed by atoms with Crippen LogP contribution in [0.25, 0.3) is 0 Å². The van der Waals surface area contributed by atoms with Crippen molar-refractivity contribution in [2.75, 3.05) is 53.6 Å². The quantitative estimate of drug-likeness (QED) is 0.620. The first-order valence-electron chi connectivity index (χ1n) is 7.81. The second kappa shape index (κ2) is 10.5. The average Bonchev–Trinajstić information content (AvgIpc) is 2.45. The number of methoxy groups -OCH3 is 1. The van der Waals surface area contributed by atoms with Gasteiger partial charge in [-0.25, -0.2) is 0 Å². The normalized spacial score (nSPS) is 21.0. The Morgan fingerprint density at radius 3 is 2.60 bits per heavy atom. The molecule has 1 rings (SSSR count). The number of β-amino-alcohol motifs (C(OH)–C–C–N with tert-alkyl or cyclic N) is 1. The summed E-state index contributed by atoms with van der Waals surface area (Å²) in [7, 11) is 3.67. The molecule has 0 spiro atoms. The largest absolute Gasteiger partial charge is 0.389 e. The molecule has 0 amide bonds. The highest BCUT2D eigenvalue weighted by Gasteiger charge is 2.20. The molecular formula is C15H32N2O3. The van der Waals surface area contributed by atoms with Crippen molar-refractivity contribution < 1.29 is 14.6 Å². The lowest BCUT2D eigenvalue weighted by Crippen LogP contribution is -2.41. The molecule has 20 heavy (non-hydrogen) atoms. The van der Waals surface area contributed by atoms with Gasteiger partial charge in [-0.3, -0.25) is 0 Å². The molecule has 5 nitrogen and oxygen atoms in total. The van der Waals surface area contributed by atoms with E-state index in [1.807, 2.05) is 14.0 Å². The molecule has 1 fully saturated rings. The van der Waals surface area contributed by atoms with E-state index in [4.69, 9.17) is 9.47 Å². The Balaban J connectivity index is 2.10. The predicted octanol–water partition coefficient (Wildman–Crippen LogP) is 0.720. The van der Waals surface area contributed by atoms with E-state index in [2.05, 4.69) is 10.2 Å². The summed E-state index contributed by atoms with van der Waals surface area (Å²) in [5, 5.41) is 13.2. The van der Waals surface area contributed by atoms with Gasteiger partial charge < -0.3 is 24.8 Å². The molecule has 0 aromatic heterocycles. The Morgan fingerprint density at radius 2 is 2.00 bits per heavy atom. The minimum absolute atomic E-state index is 0.0435. The molecular weight excluding hydrogens is 256 g/mol. The van der Waals surface area contributed by atoms with Gasteiger partial charge >= 0.3 is 0 Å². The topological polar surface area (TPSA) is 54.0 Å². The van der Waals surface area contributed by atoms with Gasteiger partial charge in [0.2, 0.25) is 0 Å². The van der Waals surface area contributed by atoms with Crippen molar-refractivity contribution in [2.24, 2.45) is 5.92 Å². The van der Waals surface area contributed by atoms with E-state index in [9.17, 15) is 5.11 Å². The van der Waals surface area contributed by atoms with Gasteiger partial charge in [-0.2, -0.15) is 0 Å². The van der Waals surface area contributed by atoms with Gasteiger partial charge in [0.05, 0.1) is 25.4 Å². The molecule has 2 unspecified atom stereocenters. The van der Waals surface area contributed by atoms with Crippen LogP contribution in [0.5, 0.6) is 0 Å². The third-order valence-corrected chi connectivity index (χ3v) is 3.95. The van der Waals surface area contributed by atoms with E-state index in [0.717, 1.165) is 32.1 Å². The first kappa shape index (κ1) is 17.9. The number of piperidine rings is 1. The fourth-order valence-corrected chi connectivity index (χ4v) is 2.72. The highest BCUT2D eigenvalue weighted by molar-refractivity contribution is 4.75. The summed E-state index contributed by atoms with van der Waals surface area (Å²) in [5.74, 6) is 0.841. The lowest BCUT2D eigenvalue weighted by molar-refractivity contribution is -0.0417. The molecule has 0 aromatic rings. The number of nitrogens with zero attached hydrogens (tertiary/aromatic N) is 1. The summed E-state index contributed by atoms with van der Waals surface area (Å²) >= 11 is 0. The monoisotopic (exact) mass is 288 g/mol. The fraction of sp³-hybridized carbons (Fsp3) is 1.00. The summed E-state index contributed by atoms with van der Waals surface area (Å²) in [6.07, 6.45) is 3.40. The smallest absolute Gasteiger partial charge is 0.0900 e. The SMILES string of the molecule is CNCCC1CCN(CC(O)COC(C)COC)CC1. The van der Waals surface area contributed by atoms with Crippen molar-refractivity contribution >= 4 is 0 Å². The highest BCUT2D eigenvalue weighted by Crippen LogP contribution is 2.20. The molecule has 1 saturated heterocycles. The second-order valence-electron chi connectivity index (χ2n) is 5.89. The van der Waals surface area contributed by atoms with Crippen LogP contribution in [0.15, 0.2) is 0 Å². The van der Waals surface area contributed by atoms with Crippen molar-refractivity contribution in [3.63, 3.8) is 0 Å². The lowest BCUT2D eigenvalue weighted by Gasteiger charge is -2.33. The maximum Gasteiger partial charge on any atom is 0.0900 e. The number of nitrogens with one attached hydrogen (secondary N) is 1. The fourth-order valence-electron chi connectivity index (χ4n) is 2.72. The van der Waals surface area contributed by atoms with Crippen molar-refractivity contribution in [3.05, 3.63) is 0 Å². The van der Waals surface area contributed by atoms with Crippen LogP contribution in [0, 0.1) is 5.92 Å². The molecule has 0 radical (unpaired) electrons. The molecule has 0 bridgehead atoms. The van der Waals surface area contributed by atoms with Gasteiger partial charge in [0.15, 0.2) is 0 Å². The van der Waals surface area contributed by atoms with Crippen molar-refractivity contribution in [3.8, 4) is 0 Å². The molecule has 5 heteroatoms. The van der Waals surface area contributed by atoms with E-state index in [0.29, 0.717) is 13.2 Å². The number of aliphatic hydroxyl groups is 1. The summed E-state index contributed by atoms with van der Waals surface area (Å²) in [5.41, 5.74) is 0. The maximum absolute atomic E-state index is 10.0. The number of aliphatic hydroxyl groups excluding tert-OH is 1. The van der Waals surface area contributed by atoms with Crippen molar-refractivity contribution in [2.45, 2.75) is 38.4 Å². The van der Waals surface area contributed by atoms with E-state index < -0.39 is 6.10 Å². The first-order chi connectivity index (χ1) is 9.65. The van der Waals surface area contributed by atoms with Crippen LogP contribution >= 0.6 is 0 Å². The van der Waals surface area contributed by atoms with Gasteiger partial charge in [0, 0.05) is 13.7 Å². The van der Waals surface area contributed by atoms with Crippen LogP contribution < -0.4 is 5.32 Å². The van der Waals surface area contributed by atoms with Gasteiger partial charge in [-0.1, -0.05) is 0 Å². The first-order valence-corrected chi connectivity index (χ1v) is 7.81. The maximum atomic E-state index is 10.0. The Labute approximate surface area is 123 Å². The molecule has 120 valence electrons. The Hall–Kier alpha value is -0.200. The molecule has 0 aromatic carbocycles. The zero-order valence-electron chi connectivity index (χ0n) is 13.3. The van der Waals surface area contributed by atoms with Crippen LogP contribution in [-0.4, -0.2) is 75.8 Å². The van der Waals surface area contributed by atoms with Crippen molar-refractivity contribution in [1.29, 1.82) is 0 Å². The van der Waals surface area contributed by atoms with Gasteiger partial charge in [-0.15, -0.1) is 0 Å². The zero-order valence-corrected chi connectivity index (χ0v) is 13.3. The number of hydrogen-bond acceptors (Lipinski definition) is 5. The number of hydrogen-bond donors (Lipinski definition) is 2. The van der Waals surface area contributed by atoms with E-state index in [-0.39, 0.29) is 6.10 Å². The van der Waals surface area contributed by atoms with E-state index >= 15 is 0 Å². The Morgan fingerprint density at radius 1 is 1.30 bits per heavy atom. The van der Waals surface area contributed by atoms with Crippen molar-refractivity contribution in [1.82, 2.24) is 10.2 Å². The molecule has 1 aliphatic rings. The number of likely N-dealkylation sites (tertiary alicyclic amines) is 1.